The lowest BCUT2D eigenvalue weighted by molar-refractivity contribution is 0.954. The predicted molar refractivity (Wildman–Crippen MR) is 93.3 cm³/mol. The lowest BCUT2D eigenvalue weighted by Gasteiger charge is -2.15. The van der Waals surface area contributed by atoms with Crippen LogP contribution in [-0.2, 0) is 0 Å². The normalized spacial score (nSPS) is 10.6. The number of rotatable bonds is 4. The molecule has 0 fully saturated rings. The van der Waals surface area contributed by atoms with E-state index in [1.54, 1.807) is 24.3 Å². The van der Waals surface area contributed by atoms with Gasteiger partial charge in [0.05, 0.1) is 31.5 Å². The van der Waals surface area contributed by atoms with Gasteiger partial charge in [-0.1, -0.05) is 69.6 Å². The van der Waals surface area contributed by atoms with Gasteiger partial charge in [0.15, 0.2) is 0 Å². The molecule has 0 amide bonds. The molecule has 3 nitrogen and oxygen atoms in total. The van der Waals surface area contributed by atoms with Gasteiger partial charge in [-0.2, -0.15) is 0 Å². The Morgan fingerprint density at radius 3 is 1.10 bits per heavy atom. The van der Waals surface area contributed by atoms with Gasteiger partial charge in [0, 0.05) is 10.0 Å². The molecule has 0 saturated carbocycles. The zero-order chi connectivity index (χ0) is 15.6. The van der Waals surface area contributed by atoms with E-state index in [4.69, 9.17) is 69.6 Å². The van der Waals surface area contributed by atoms with Crippen LogP contribution in [0, 0.1) is 0 Å². The molecule has 9 heteroatoms. The molecule has 0 bridgehead atoms. The van der Waals surface area contributed by atoms with Crippen molar-refractivity contribution in [3.05, 3.63) is 54.4 Å². The highest BCUT2D eigenvalue weighted by Crippen LogP contribution is 2.34. The maximum absolute atomic E-state index is 6.03. The summed E-state index contributed by atoms with van der Waals surface area (Å²) < 4.78 is 0. The highest BCUT2D eigenvalue weighted by atomic mass is 35.5. The third-order valence-corrected chi connectivity index (χ3v) is 4.02. The Balaban J connectivity index is 2.09. The Kier molecular flexibility index (Phi) is 5.97. The Morgan fingerprint density at radius 1 is 0.524 bits per heavy atom. The lowest BCUT2D eigenvalue weighted by Crippen LogP contribution is -2.28. The molecule has 0 saturated heterocycles. The van der Waals surface area contributed by atoms with E-state index in [-0.39, 0.29) is 0 Å². The van der Waals surface area contributed by atoms with Crippen LogP contribution in [0.25, 0.3) is 0 Å². The van der Waals surface area contributed by atoms with Gasteiger partial charge in [-0.25, -0.2) is 0 Å². The number of hydrogen-bond acceptors (Lipinski definition) is 3. The molecule has 0 atom stereocenters. The van der Waals surface area contributed by atoms with E-state index in [2.05, 4.69) is 16.4 Å². The third kappa shape index (κ3) is 4.36. The molecule has 0 radical (unpaired) electrons. The van der Waals surface area contributed by atoms with Crippen LogP contribution in [0.4, 0.5) is 11.4 Å². The minimum absolute atomic E-state index is 0.357. The van der Waals surface area contributed by atoms with Gasteiger partial charge < -0.3 is 10.9 Å². The average molecular weight is 406 g/mol. The minimum Gasteiger partial charge on any atom is -0.301 e. The molecular formula is C12H7Cl6N3. The van der Waals surface area contributed by atoms with Crippen molar-refractivity contribution in [2.45, 2.75) is 0 Å². The molecule has 2 aromatic rings. The van der Waals surface area contributed by atoms with E-state index < -0.39 is 0 Å². The van der Waals surface area contributed by atoms with Crippen LogP contribution in [0.3, 0.4) is 0 Å². The summed E-state index contributed by atoms with van der Waals surface area (Å²) in [4.78, 5) is 0. The Bertz CT molecular complexity index is 573. The van der Waals surface area contributed by atoms with Crippen molar-refractivity contribution in [3.8, 4) is 0 Å². The second-order valence-corrected chi connectivity index (χ2v) is 6.37. The molecule has 0 aliphatic carbocycles. The SMILES string of the molecule is Clc1cc(Cl)c(NNNc2c(Cl)cc(Cl)cc2Cl)c(Cl)c1. The lowest BCUT2D eigenvalue weighted by atomic mass is 10.3. The van der Waals surface area contributed by atoms with Crippen molar-refractivity contribution >= 4 is 81.0 Å². The quantitative estimate of drug-likeness (QED) is 0.504. The van der Waals surface area contributed by atoms with E-state index >= 15 is 0 Å². The van der Waals surface area contributed by atoms with Gasteiger partial charge in [0.1, 0.15) is 0 Å². The first-order valence-electron chi connectivity index (χ1n) is 5.44. The standard InChI is InChI=1S/C12H7Cl6N3/c13-5-1-7(15)11(8(16)2-5)19-21-20-12-9(17)3-6(14)4-10(12)18/h1-4,19-21H. The van der Waals surface area contributed by atoms with Crippen molar-refractivity contribution in [2.24, 2.45) is 0 Å². The second-order valence-electron chi connectivity index (χ2n) is 3.86. The first kappa shape index (κ1) is 17.1. The highest BCUT2D eigenvalue weighted by molar-refractivity contribution is 6.42. The summed E-state index contributed by atoms with van der Waals surface area (Å²) in [6.45, 7) is 0. The summed E-state index contributed by atoms with van der Waals surface area (Å²) >= 11 is 35.8. The Labute approximate surface area is 151 Å². The fraction of sp³-hybridized carbons (Fsp3) is 0. The molecule has 0 spiro atoms. The van der Waals surface area contributed by atoms with Crippen molar-refractivity contribution in [1.29, 1.82) is 0 Å². The Hall–Kier alpha value is -0.260. The zero-order valence-corrected chi connectivity index (χ0v) is 14.6. The number of benzene rings is 2. The zero-order valence-electron chi connectivity index (χ0n) is 10.1. The highest BCUT2D eigenvalue weighted by Gasteiger charge is 2.09. The predicted octanol–water partition coefficient (Wildman–Crippen LogP) is 6.55. The summed E-state index contributed by atoms with van der Waals surface area (Å²) in [6, 6.07) is 6.23. The molecule has 112 valence electrons. The number of anilines is 2. The Morgan fingerprint density at radius 2 is 0.810 bits per heavy atom. The van der Waals surface area contributed by atoms with Crippen molar-refractivity contribution in [3.63, 3.8) is 0 Å². The topological polar surface area (TPSA) is 36.1 Å². The third-order valence-electron chi connectivity index (χ3n) is 2.39. The summed E-state index contributed by atoms with van der Waals surface area (Å²) in [6.07, 6.45) is 0. The van der Waals surface area contributed by atoms with Crippen LogP contribution >= 0.6 is 69.6 Å². The smallest absolute Gasteiger partial charge is 0.0878 e. The van der Waals surface area contributed by atoms with Crippen LogP contribution in [-0.4, -0.2) is 0 Å². The monoisotopic (exact) mass is 403 g/mol. The molecule has 0 heterocycles. The van der Waals surface area contributed by atoms with Crippen LogP contribution < -0.4 is 16.4 Å². The molecule has 0 aliphatic heterocycles. The number of hydrazine groups is 2. The van der Waals surface area contributed by atoms with Crippen LogP contribution in [0.5, 0.6) is 0 Å². The summed E-state index contributed by atoms with van der Waals surface area (Å²) in [5, 5.41) is 2.30. The molecule has 0 unspecified atom stereocenters. The molecular weight excluding hydrogens is 399 g/mol. The van der Waals surface area contributed by atoms with E-state index in [1.165, 1.54) is 0 Å². The molecule has 0 aromatic heterocycles. The first-order chi connectivity index (χ1) is 9.88. The largest absolute Gasteiger partial charge is 0.301 e. The number of halogens is 6. The number of hydrogen-bond donors (Lipinski definition) is 3. The molecule has 2 rings (SSSR count). The summed E-state index contributed by atoms with van der Waals surface area (Å²) in [5.74, 6) is 0. The van der Waals surface area contributed by atoms with Gasteiger partial charge in [-0.05, 0) is 24.3 Å². The van der Waals surface area contributed by atoms with Gasteiger partial charge in [-0.3, -0.25) is 0 Å². The van der Waals surface area contributed by atoms with Crippen molar-refractivity contribution < 1.29 is 0 Å². The molecule has 3 N–H and O–H groups in total. The van der Waals surface area contributed by atoms with Gasteiger partial charge in [0.2, 0.25) is 0 Å². The fourth-order valence-corrected chi connectivity index (χ4v) is 3.30. The molecule has 0 aliphatic rings. The van der Waals surface area contributed by atoms with Gasteiger partial charge >= 0.3 is 0 Å². The minimum atomic E-state index is 0.357. The van der Waals surface area contributed by atoms with E-state index in [0.717, 1.165) is 0 Å². The summed E-state index contributed by atoms with van der Waals surface area (Å²) in [7, 11) is 0. The van der Waals surface area contributed by atoms with Gasteiger partial charge in [-0.15, -0.1) is 5.53 Å². The fourth-order valence-electron chi connectivity index (χ4n) is 1.48. The van der Waals surface area contributed by atoms with E-state index in [0.29, 0.717) is 41.5 Å². The van der Waals surface area contributed by atoms with Gasteiger partial charge in [0.25, 0.3) is 0 Å². The molecule has 2 aromatic carbocycles. The molecule has 21 heavy (non-hydrogen) atoms. The van der Waals surface area contributed by atoms with Crippen LogP contribution in [0.2, 0.25) is 30.1 Å². The van der Waals surface area contributed by atoms with E-state index in [1.807, 2.05) is 0 Å². The maximum Gasteiger partial charge on any atom is 0.0878 e. The first-order valence-corrected chi connectivity index (χ1v) is 7.71. The second kappa shape index (κ2) is 7.34. The maximum atomic E-state index is 6.03. The van der Waals surface area contributed by atoms with Crippen molar-refractivity contribution in [2.75, 3.05) is 10.9 Å². The van der Waals surface area contributed by atoms with Crippen molar-refractivity contribution in [1.82, 2.24) is 5.53 Å². The summed E-state index contributed by atoms with van der Waals surface area (Å²) in [5.41, 5.74) is 9.19. The average Bonchev–Trinajstić information content (AvgIpc) is 2.34. The van der Waals surface area contributed by atoms with Crippen LogP contribution in [0.1, 0.15) is 0 Å². The van der Waals surface area contributed by atoms with E-state index in [9.17, 15) is 0 Å². The number of nitrogens with one attached hydrogen (secondary N) is 3. The van der Waals surface area contributed by atoms with Crippen LogP contribution in [0.15, 0.2) is 24.3 Å².